The van der Waals surface area contributed by atoms with Gasteiger partial charge in [0, 0.05) is 12.6 Å². The number of nitrogens with zero attached hydrogens (tertiary/aromatic N) is 1. The van der Waals surface area contributed by atoms with Crippen LogP contribution < -0.4 is 5.32 Å². The molecular weight excluding hydrogens is 232 g/mol. The van der Waals surface area contributed by atoms with Gasteiger partial charge in [0.1, 0.15) is 0 Å². The fraction of sp³-hybridized carbons (Fsp3) is 1.00. The minimum absolute atomic E-state index is 0.648. The van der Waals surface area contributed by atoms with Gasteiger partial charge in [-0.05, 0) is 70.0 Å². The zero-order valence-electron chi connectivity index (χ0n) is 13.2. The molecule has 0 bridgehead atoms. The van der Waals surface area contributed by atoms with Crippen LogP contribution in [0.3, 0.4) is 0 Å². The van der Waals surface area contributed by atoms with Crippen LogP contribution in [0.1, 0.15) is 71.6 Å². The Morgan fingerprint density at radius 2 is 1.84 bits per heavy atom. The van der Waals surface area contributed by atoms with E-state index in [1.54, 1.807) is 0 Å². The predicted octanol–water partition coefficient (Wildman–Crippen LogP) is 3.81. The summed E-state index contributed by atoms with van der Waals surface area (Å²) in [5.74, 6) is 0. The van der Waals surface area contributed by atoms with Crippen molar-refractivity contribution in [2.45, 2.75) is 77.7 Å². The molecule has 1 heterocycles. The van der Waals surface area contributed by atoms with E-state index in [1.165, 1.54) is 84.0 Å². The highest BCUT2D eigenvalue weighted by Gasteiger charge is 2.32. The summed E-state index contributed by atoms with van der Waals surface area (Å²) in [4.78, 5) is 2.66. The number of nitrogens with one attached hydrogen (secondary N) is 1. The van der Waals surface area contributed by atoms with Crippen molar-refractivity contribution in [1.82, 2.24) is 10.2 Å². The molecule has 112 valence electrons. The second-order valence-corrected chi connectivity index (χ2v) is 6.91. The summed E-state index contributed by atoms with van der Waals surface area (Å²) in [5.41, 5.74) is 0.648. The molecule has 1 saturated carbocycles. The molecule has 0 aromatic rings. The maximum atomic E-state index is 3.93. The topological polar surface area (TPSA) is 15.3 Å². The van der Waals surface area contributed by atoms with Crippen LogP contribution in [-0.4, -0.2) is 37.1 Å². The lowest BCUT2D eigenvalue weighted by Gasteiger charge is -2.30. The maximum Gasteiger partial charge on any atom is 0.00799 e. The first-order valence-electron chi connectivity index (χ1n) is 8.74. The lowest BCUT2D eigenvalue weighted by molar-refractivity contribution is 0.246. The van der Waals surface area contributed by atoms with Crippen LogP contribution in [0.25, 0.3) is 0 Å². The first kappa shape index (κ1) is 15.3. The van der Waals surface area contributed by atoms with Crippen molar-refractivity contribution in [1.29, 1.82) is 0 Å². The third-order valence-electron chi connectivity index (χ3n) is 5.54. The average Bonchev–Trinajstić information content (AvgIpc) is 2.79. The second kappa shape index (κ2) is 7.64. The fourth-order valence-electron chi connectivity index (χ4n) is 4.04. The van der Waals surface area contributed by atoms with E-state index in [9.17, 15) is 0 Å². The molecule has 0 aromatic heterocycles. The van der Waals surface area contributed by atoms with E-state index in [4.69, 9.17) is 0 Å². The van der Waals surface area contributed by atoms with Gasteiger partial charge in [-0.2, -0.15) is 0 Å². The van der Waals surface area contributed by atoms with Gasteiger partial charge >= 0.3 is 0 Å². The molecule has 0 spiro atoms. The van der Waals surface area contributed by atoms with Gasteiger partial charge in [-0.15, -0.1) is 0 Å². The maximum absolute atomic E-state index is 3.93. The summed E-state index contributed by atoms with van der Waals surface area (Å²) in [5, 5.41) is 3.93. The van der Waals surface area contributed by atoms with Gasteiger partial charge < -0.3 is 10.2 Å². The van der Waals surface area contributed by atoms with Crippen LogP contribution in [0.5, 0.6) is 0 Å². The highest BCUT2D eigenvalue weighted by Crippen LogP contribution is 2.40. The molecule has 2 nitrogen and oxygen atoms in total. The molecule has 1 aliphatic heterocycles. The third-order valence-corrected chi connectivity index (χ3v) is 5.54. The second-order valence-electron chi connectivity index (χ2n) is 6.91. The van der Waals surface area contributed by atoms with Gasteiger partial charge in [-0.25, -0.2) is 0 Å². The molecule has 19 heavy (non-hydrogen) atoms. The molecule has 1 unspecified atom stereocenters. The van der Waals surface area contributed by atoms with E-state index >= 15 is 0 Å². The van der Waals surface area contributed by atoms with Crippen LogP contribution >= 0.6 is 0 Å². The molecule has 2 aliphatic rings. The first-order chi connectivity index (χ1) is 9.28. The molecular formula is C17H34N2. The van der Waals surface area contributed by atoms with E-state index in [0.717, 1.165) is 6.04 Å². The van der Waals surface area contributed by atoms with Gasteiger partial charge in [0.05, 0.1) is 0 Å². The first-order valence-corrected chi connectivity index (χ1v) is 8.74. The van der Waals surface area contributed by atoms with E-state index < -0.39 is 0 Å². The summed E-state index contributed by atoms with van der Waals surface area (Å²) < 4.78 is 0. The molecule has 0 amide bonds. The molecule has 1 N–H and O–H groups in total. The summed E-state index contributed by atoms with van der Waals surface area (Å²) in [6, 6.07) is 0.783. The third kappa shape index (κ3) is 4.46. The SMILES string of the molecule is CCCN1CCCC(NCC2(CC)CCCC2)CC1. The number of likely N-dealkylation sites (tertiary alicyclic amines) is 1. The largest absolute Gasteiger partial charge is 0.313 e. The lowest BCUT2D eigenvalue weighted by atomic mass is 9.83. The minimum atomic E-state index is 0.648. The average molecular weight is 266 g/mol. The van der Waals surface area contributed by atoms with Crippen LogP contribution in [0.15, 0.2) is 0 Å². The van der Waals surface area contributed by atoms with Crippen molar-refractivity contribution >= 4 is 0 Å². The fourth-order valence-corrected chi connectivity index (χ4v) is 4.04. The number of hydrogen-bond donors (Lipinski definition) is 1. The van der Waals surface area contributed by atoms with Crippen molar-refractivity contribution in [2.75, 3.05) is 26.2 Å². The molecule has 1 aliphatic carbocycles. The normalized spacial score (nSPS) is 28.4. The van der Waals surface area contributed by atoms with Crippen LogP contribution in [0.4, 0.5) is 0 Å². The zero-order chi connectivity index (χ0) is 13.6. The smallest absolute Gasteiger partial charge is 0.00799 e. The van der Waals surface area contributed by atoms with E-state index in [0.29, 0.717) is 5.41 Å². The number of rotatable bonds is 6. The lowest BCUT2D eigenvalue weighted by Crippen LogP contribution is -2.39. The van der Waals surface area contributed by atoms with Gasteiger partial charge in [-0.1, -0.05) is 26.7 Å². The van der Waals surface area contributed by atoms with Crippen molar-refractivity contribution in [3.63, 3.8) is 0 Å². The Bertz CT molecular complexity index is 246. The van der Waals surface area contributed by atoms with Gasteiger partial charge in [0.15, 0.2) is 0 Å². The quantitative estimate of drug-likeness (QED) is 0.786. The van der Waals surface area contributed by atoms with Gasteiger partial charge in [-0.3, -0.25) is 0 Å². The Hall–Kier alpha value is -0.0800. The van der Waals surface area contributed by atoms with Crippen molar-refractivity contribution in [2.24, 2.45) is 5.41 Å². The van der Waals surface area contributed by atoms with Crippen LogP contribution in [-0.2, 0) is 0 Å². The molecule has 2 heteroatoms. The summed E-state index contributed by atoms with van der Waals surface area (Å²) >= 11 is 0. The Morgan fingerprint density at radius 1 is 1.05 bits per heavy atom. The zero-order valence-corrected chi connectivity index (χ0v) is 13.2. The van der Waals surface area contributed by atoms with Crippen molar-refractivity contribution < 1.29 is 0 Å². The summed E-state index contributed by atoms with van der Waals surface area (Å²) in [6.45, 7) is 9.90. The van der Waals surface area contributed by atoms with E-state index in [2.05, 4.69) is 24.1 Å². The molecule has 1 saturated heterocycles. The Kier molecular flexibility index (Phi) is 6.15. The predicted molar refractivity (Wildman–Crippen MR) is 83.6 cm³/mol. The highest BCUT2D eigenvalue weighted by atomic mass is 15.1. The molecule has 0 radical (unpaired) electrons. The highest BCUT2D eigenvalue weighted by molar-refractivity contribution is 4.87. The van der Waals surface area contributed by atoms with E-state index in [1.807, 2.05) is 0 Å². The Balaban J connectivity index is 1.73. The molecule has 2 fully saturated rings. The van der Waals surface area contributed by atoms with Gasteiger partial charge in [0.25, 0.3) is 0 Å². The molecule has 1 atom stereocenters. The Labute approximate surface area is 120 Å². The van der Waals surface area contributed by atoms with Crippen molar-refractivity contribution in [3.05, 3.63) is 0 Å². The molecule has 2 rings (SSSR count). The van der Waals surface area contributed by atoms with E-state index in [-0.39, 0.29) is 0 Å². The monoisotopic (exact) mass is 266 g/mol. The standard InChI is InChI=1S/C17H34N2/c1-3-12-19-13-7-8-16(9-14-19)18-15-17(4-2)10-5-6-11-17/h16,18H,3-15H2,1-2H3. The Morgan fingerprint density at radius 3 is 2.53 bits per heavy atom. The summed E-state index contributed by atoms with van der Waals surface area (Å²) in [7, 11) is 0. The minimum Gasteiger partial charge on any atom is -0.313 e. The number of hydrogen-bond acceptors (Lipinski definition) is 2. The summed E-state index contributed by atoms with van der Waals surface area (Å²) in [6.07, 6.45) is 12.7. The van der Waals surface area contributed by atoms with Crippen molar-refractivity contribution in [3.8, 4) is 0 Å². The van der Waals surface area contributed by atoms with Crippen LogP contribution in [0.2, 0.25) is 0 Å². The molecule has 0 aromatic carbocycles. The van der Waals surface area contributed by atoms with Gasteiger partial charge in [0.2, 0.25) is 0 Å². The van der Waals surface area contributed by atoms with Crippen LogP contribution in [0, 0.1) is 5.41 Å².